The van der Waals surface area contributed by atoms with Gasteiger partial charge in [-0.2, -0.15) is 0 Å². The largest absolute Gasteiger partial charge is 0.372 e. The summed E-state index contributed by atoms with van der Waals surface area (Å²) in [6.07, 6.45) is 0.984. The summed E-state index contributed by atoms with van der Waals surface area (Å²) in [4.78, 5) is 6.15. The predicted octanol–water partition coefficient (Wildman–Crippen LogP) is 3.45. The van der Waals surface area contributed by atoms with Crippen LogP contribution in [0.25, 0.3) is 11.3 Å². The van der Waals surface area contributed by atoms with Crippen LogP contribution in [-0.4, -0.2) is 25.7 Å². The molecule has 2 aromatic rings. The van der Waals surface area contributed by atoms with Gasteiger partial charge in [-0.3, -0.25) is 0 Å². The molecule has 1 aromatic heterocycles. The predicted molar refractivity (Wildman–Crippen MR) is 85.2 cm³/mol. The van der Waals surface area contributed by atoms with Crippen LogP contribution in [0, 0.1) is 0 Å². The highest BCUT2D eigenvalue weighted by Crippen LogP contribution is 2.35. The summed E-state index contributed by atoms with van der Waals surface area (Å²) in [7, 11) is 3.71. The molecule has 3 nitrogen and oxygen atoms in total. The molecular weight excluding hydrogens is 268 g/mol. The van der Waals surface area contributed by atoms with Gasteiger partial charge >= 0.3 is 0 Å². The molecule has 108 valence electrons. The smallest absolute Gasteiger partial charge is 0.125 e. The fourth-order valence-electron chi connectivity index (χ4n) is 1.93. The highest BCUT2D eigenvalue weighted by atomic mass is 32.1. The van der Waals surface area contributed by atoms with Crippen LogP contribution in [-0.2, 0) is 16.8 Å². The second-order valence-electron chi connectivity index (χ2n) is 5.22. The summed E-state index contributed by atoms with van der Waals surface area (Å²) in [6.45, 7) is 5.07. The van der Waals surface area contributed by atoms with Crippen molar-refractivity contribution < 1.29 is 4.74 Å². The van der Waals surface area contributed by atoms with Crippen LogP contribution in [0.5, 0.6) is 0 Å². The number of rotatable bonds is 6. The molecule has 0 saturated heterocycles. The molecule has 1 heterocycles. The third-order valence-electron chi connectivity index (χ3n) is 3.37. The lowest BCUT2D eigenvalue weighted by Gasteiger charge is -2.19. The lowest BCUT2D eigenvalue weighted by Crippen LogP contribution is -2.18. The van der Waals surface area contributed by atoms with Crippen molar-refractivity contribution in [2.75, 3.05) is 20.7 Å². The van der Waals surface area contributed by atoms with Gasteiger partial charge in [0.15, 0.2) is 0 Å². The minimum atomic E-state index is -0.341. The van der Waals surface area contributed by atoms with Gasteiger partial charge in [0, 0.05) is 17.6 Å². The summed E-state index contributed by atoms with van der Waals surface area (Å²) in [5.41, 5.74) is 1.92. The number of aromatic nitrogens is 1. The van der Waals surface area contributed by atoms with E-state index in [2.05, 4.69) is 43.4 Å². The standard InChI is InChI=1S/C16H22N2OS/c1-16(2,19-4)15-18-14(12-8-6-5-7-9-12)13(20-15)10-11-17-3/h5-9,17H,10-11H2,1-4H3. The van der Waals surface area contributed by atoms with Gasteiger partial charge in [-0.25, -0.2) is 4.98 Å². The molecule has 0 fully saturated rings. The first-order valence-corrected chi connectivity index (χ1v) is 7.65. The monoisotopic (exact) mass is 290 g/mol. The Bertz CT molecular complexity index is 549. The first-order chi connectivity index (χ1) is 9.58. The Kier molecular flexibility index (Phi) is 4.91. The van der Waals surface area contributed by atoms with Crippen molar-refractivity contribution in [2.24, 2.45) is 0 Å². The van der Waals surface area contributed by atoms with Crippen molar-refractivity contribution in [3.8, 4) is 11.3 Å². The zero-order valence-corrected chi connectivity index (χ0v) is 13.4. The zero-order chi connectivity index (χ0) is 14.6. The first kappa shape index (κ1) is 15.2. The Morgan fingerprint density at radius 2 is 1.95 bits per heavy atom. The molecule has 2 rings (SSSR count). The molecule has 0 amide bonds. The van der Waals surface area contributed by atoms with E-state index in [-0.39, 0.29) is 5.60 Å². The lowest BCUT2D eigenvalue weighted by molar-refractivity contribution is 0.0191. The average Bonchev–Trinajstić information content (AvgIpc) is 2.91. The van der Waals surface area contributed by atoms with Crippen LogP contribution in [0.15, 0.2) is 30.3 Å². The van der Waals surface area contributed by atoms with Crippen molar-refractivity contribution in [2.45, 2.75) is 25.9 Å². The molecule has 1 aromatic carbocycles. The number of benzene rings is 1. The van der Waals surface area contributed by atoms with Crippen LogP contribution >= 0.6 is 11.3 Å². The number of likely N-dealkylation sites (N-methyl/N-ethyl adjacent to an activating group) is 1. The summed E-state index contributed by atoms with van der Waals surface area (Å²) < 4.78 is 5.56. The van der Waals surface area contributed by atoms with Crippen LogP contribution in [0.4, 0.5) is 0 Å². The minimum Gasteiger partial charge on any atom is -0.372 e. The van der Waals surface area contributed by atoms with Gasteiger partial charge in [0.25, 0.3) is 0 Å². The van der Waals surface area contributed by atoms with Gasteiger partial charge < -0.3 is 10.1 Å². The fourth-order valence-corrected chi connectivity index (χ4v) is 3.09. The second kappa shape index (κ2) is 6.48. The molecule has 20 heavy (non-hydrogen) atoms. The van der Waals surface area contributed by atoms with Crippen LogP contribution < -0.4 is 5.32 Å². The molecule has 0 bridgehead atoms. The highest BCUT2D eigenvalue weighted by Gasteiger charge is 2.26. The van der Waals surface area contributed by atoms with Gasteiger partial charge in [0.05, 0.1) is 5.69 Å². The Hall–Kier alpha value is -1.23. The van der Waals surface area contributed by atoms with E-state index in [1.165, 1.54) is 10.4 Å². The molecule has 0 unspecified atom stereocenters. The number of nitrogens with one attached hydrogen (secondary N) is 1. The topological polar surface area (TPSA) is 34.1 Å². The maximum atomic E-state index is 5.56. The van der Waals surface area contributed by atoms with E-state index < -0.39 is 0 Å². The van der Waals surface area contributed by atoms with E-state index in [0.29, 0.717) is 0 Å². The Labute approximate surface area is 125 Å². The van der Waals surface area contributed by atoms with Crippen molar-refractivity contribution in [3.63, 3.8) is 0 Å². The Morgan fingerprint density at radius 3 is 2.55 bits per heavy atom. The third kappa shape index (κ3) is 3.26. The van der Waals surface area contributed by atoms with Gasteiger partial charge in [-0.1, -0.05) is 30.3 Å². The van der Waals surface area contributed by atoms with E-state index in [9.17, 15) is 0 Å². The molecule has 0 spiro atoms. The number of ether oxygens (including phenoxy) is 1. The molecule has 0 aliphatic heterocycles. The minimum absolute atomic E-state index is 0.341. The SMILES string of the molecule is CNCCc1sc(C(C)(C)OC)nc1-c1ccccc1. The quantitative estimate of drug-likeness (QED) is 0.884. The molecule has 4 heteroatoms. The van der Waals surface area contributed by atoms with E-state index >= 15 is 0 Å². The van der Waals surface area contributed by atoms with Crippen molar-refractivity contribution in [1.29, 1.82) is 0 Å². The van der Waals surface area contributed by atoms with Crippen LogP contribution in [0.1, 0.15) is 23.7 Å². The van der Waals surface area contributed by atoms with E-state index in [1.54, 1.807) is 18.4 Å². The molecule has 0 radical (unpaired) electrons. The molecule has 0 atom stereocenters. The Balaban J connectivity index is 2.43. The maximum absolute atomic E-state index is 5.56. The van der Waals surface area contributed by atoms with Crippen molar-refractivity contribution in [3.05, 3.63) is 40.2 Å². The first-order valence-electron chi connectivity index (χ1n) is 6.84. The van der Waals surface area contributed by atoms with Crippen molar-refractivity contribution >= 4 is 11.3 Å². The normalized spacial score (nSPS) is 11.8. The number of methoxy groups -OCH3 is 1. The number of nitrogens with zero attached hydrogens (tertiary/aromatic N) is 1. The van der Waals surface area contributed by atoms with Gasteiger partial charge in [-0.15, -0.1) is 11.3 Å². The third-order valence-corrected chi connectivity index (χ3v) is 4.79. The molecule has 0 saturated carbocycles. The van der Waals surface area contributed by atoms with E-state index in [1.807, 2.05) is 13.1 Å². The van der Waals surface area contributed by atoms with Gasteiger partial charge in [-0.05, 0) is 33.9 Å². The van der Waals surface area contributed by atoms with Gasteiger partial charge in [0.1, 0.15) is 10.6 Å². The number of hydrogen-bond acceptors (Lipinski definition) is 4. The molecule has 1 N–H and O–H groups in total. The summed E-state index contributed by atoms with van der Waals surface area (Å²) in [5, 5.41) is 4.24. The summed E-state index contributed by atoms with van der Waals surface area (Å²) in [5.74, 6) is 0. The van der Waals surface area contributed by atoms with E-state index in [4.69, 9.17) is 9.72 Å². The molecule has 0 aliphatic carbocycles. The number of thiazole rings is 1. The summed E-state index contributed by atoms with van der Waals surface area (Å²) >= 11 is 1.75. The van der Waals surface area contributed by atoms with Crippen LogP contribution in [0.3, 0.4) is 0 Å². The zero-order valence-electron chi connectivity index (χ0n) is 12.6. The second-order valence-corrected chi connectivity index (χ2v) is 6.31. The highest BCUT2D eigenvalue weighted by molar-refractivity contribution is 7.12. The van der Waals surface area contributed by atoms with Crippen molar-refractivity contribution in [1.82, 2.24) is 10.3 Å². The maximum Gasteiger partial charge on any atom is 0.125 e. The number of hydrogen-bond donors (Lipinski definition) is 1. The molecule has 0 aliphatic rings. The average molecular weight is 290 g/mol. The fraction of sp³-hybridized carbons (Fsp3) is 0.438. The van der Waals surface area contributed by atoms with Gasteiger partial charge in [0.2, 0.25) is 0 Å². The van der Waals surface area contributed by atoms with E-state index in [0.717, 1.165) is 23.7 Å². The van der Waals surface area contributed by atoms with Crippen LogP contribution in [0.2, 0.25) is 0 Å². The molecular formula is C16H22N2OS. The Morgan fingerprint density at radius 1 is 1.25 bits per heavy atom. The summed E-state index contributed by atoms with van der Waals surface area (Å²) in [6, 6.07) is 10.4. The lowest BCUT2D eigenvalue weighted by atomic mass is 10.1.